The lowest BCUT2D eigenvalue weighted by molar-refractivity contribution is 0.102. The molecule has 1 N–H and O–H groups in total. The zero-order chi connectivity index (χ0) is 18.8. The van der Waals surface area contributed by atoms with E-state index in [9.17, 15) is 9.59 Å². The predicted octanol–water partition coefficient (Wildman–Crippen LogP) is 3.65. The van der Waals surface area contributed by atoms with Crippen molar-refractivity contribution < 1.29 is 13.9 Å². The third kappa shape index (κ3) is 3.14. The van der Waals surface area contributed by atoms with Gasteiger partial charge in [-0.2, -0.15) is 0 Å². The van der Waals surface area contributed by atoms with Gasteiger partial charge in [-0.05, 0) is 37.1 Å². The molecule has 1 amide bonds. The molecule has 0 atom stereocenters. The van der Waals surface area contributed by atoms with Crippen LogP contribution in [-0.2, 0) is 0 Å². The summed E-state index contributed by atoms with van der Waals surface area (Å²) >= 11 is 0. The third-order valence-corrected chi connectivity index (χ3v) is 4.80. The minimum Gasteiger partial charge on any atom is -0.496 e. The summed E-state index contributed by atoms with van der Waals surface area (Å²) in [6, 6.07) is 14.3. The van der Waals surface area contributed by atoms with Gasteiger partial charge in [0.1, 0.15) is 11.3 Å². The van der Waals surface area contributed by atoms with Crippen molar-refractivity contribution >= 4 is 28.3 Å². The Morgan fingerprint density at radius 2 is 1.78 bits per heavy atom. The maximum atomic E-state index is 12.9. The first-order valence-electron chi connectivity index (χ1n) is 8.94. The second-order valence-electron chi connectivity index (χ2n) is 6.46. The standard InChI is InChI=1S/C21H20N2O4/c1-26-16-10-4-3-9-15(16)20(24)22-18-19(23-12-6-7-13-23)14-8-2-5-11-17(14)27-21(18)25/h2-5,8-11H,6-7,12-13H2,1H3,(H,22,24). The molecule has 6 heteroatoms. The number of hydrogen-bond donors (Lipinski definition) is 1. The zero-order valence-electron chi connectivity index (χ0n) is 15.0. The van der Waals surface area contributed by atoms with E-state index >= 15 is 0 Å². The fourth-order valence-electron chi connectivity index (χ4n) is 3.53. The van der Waals surface area contributed by atoms with Crippen LogP contribution in [0.3, 0.4) is 0 Å². The number of rotatable bonds is 4. The zero-order valence-corrected chi connectivity index (χ0v) is 15.0. The second kappa shape index (κ2) is 7.15. The molecule has 4 rings (SSSR count). The van der Waals surface area contributed by atoms with Gasteiger partial charge >= 0.3 is 5.63 Å². The average Bonchev–Trinajstić information content (AvgIpc) is 3.22. The summed E-state index contributed by atoms with van der Waals surface area (Å²) in [6.07, 6.45) is 2.10. The number of carbonyl (C=O) groups excluding carboxylic acids is 1. The van der Waals surface area contributed by atoms with Gasteiger partial charge in [0.25, 0.3) is 5.91 Å². The van der Waals surface area contributed by atoms with Crippen molar-refractivity contribution in [1.29, 1.82) is 0 Å². The highest BCUT2D eigenvalue weighted by molar-refractivity contribution is 6.10. The van der Waals surface area contributed by atoms with E-state index in [0.717, 1.165) is 37.0 Å². The maximum absolute atomic E-state index is 12.9. The number of benzene rings is 2. The molecule has 3 aromatic rings. The van der Waals surface area contributed by atoms with E-state index in [2.05, 4.69) is 10.2 Å². The lowest BCUT2D eigenvalue weighted by Crippen LogP contribution is -2.25. The van der Waals surface area contributed by atoms with E-state index in [-0.39, 0.29) is 5.69 Å². The average molecular weight is 364 g/mol. The summed E-state index contributed by atoms with van der Waals surface area (Å²) in [5.41, 5.74) is 1.22. The largest absolute Gasteiger partial charge is 0.496 e. The van der Waals surface area contributed by atoms with Gasteiger partial charge in [-0.15, -0.1) is 0 Å². The number of anilines is 2. The number of nitrogens with zero attached hydrogens (tertiary/aromatic N) is 1. The van der Waals surface area contributed by atoms with Crippen LogP contribution in [0.15, 0.2) is 57.7 Å². The molecule has 1 aliphatic rings. The van der Waals surface area contributed by atoms with Crippen LogP contribution in [-0.4, -0.2) is 26.1 Å². The second-order valence-corrected chi connectivity index (χ2v) is 6.46. The van der Waals surface area contributed by atoms with Gasteiger partial charge in [-0.1, -0.05) is 24.3 Å². The molecule has 1 aliphatic heterocycles. The molecule has 0 bridgehead atoms. The highest BCUT2D eigenvalue weighted by Crippen LogP contribution is 2.34. The SMILES string of the molecule is COc1ccccc1C(=O)Nc1c(N2CCCC2)c2ccccc2oc1=O. The van der Waals surface area contributed by atoms with Crippen LogP contribution in [0.2, 0.25) is 0 Å². The van der Waals surface area contributed by atoms with Gasteiger partial charge in [0.05, 0.1) is 18.4 Å². The molecule has 0 radical (unpaired) electrons. The number of fused-ring (bicyclic) bond motifs is 1. The van der Waals surface area contributed by atoms with Crippen molar-refractivity contribution in [2.75, 3.05) is 30.4 Å². The first kappa shape index (κ1) is 17.1. The van der Waals surface area contributed by atoms with Gasteiger partial charge in [0.2, 0.25) is 0 Å². The molecule has 6 nitrogen and oxygen atoms in total. The predicted molar refractivity (Wildman–Crippen MR) is 105 cm³/mol. The molecule has 0 spiro atoms. The Morgan fingerprint density at radius 1 is 1.07 bits per heavy atom. The highest BCUT2D eigenvalue weighted by atomic mass is 16.5. The van der Waals surface area contributed by atoms with E-state index in [0.29, 0.717) is 16.9 Å². The fourth-order valence-corrected chi connectivity index (χ4v) is 3.53. The van der Waals surface area contributed by atoms with Crippen LogP contribution in [0.25, 0.3) is 11.0 Å². The topological polar surface area (TPSA) is 71.8 Å². The molecule has 2 heterocycles. The van der Waals surface area contributed by atoms with Gasteiger partial charge in [-0.25, -0.2) is 4.79 Å². The van der Waals surface area contributed by atoms with Crippen LogP contribution in [0.1, 0.15) is 23.2 Å². The highest BCUT2D eigenvalue weighted by Gasteiger charge is 2.24. The van der Waals surface area contributed by atoms with Crippen LogP contribution < -0.4 is 20.6 Å². The molecule has 0 unspecified atom stereocenters. The quantitative estimate of drug-likeness (QED) is 0.716. The van der Waals surface area contributed by atoms with E-state index in [4.69, 9.17) is 9.15 Å². The molecule has 0 saturated carbocycles. The Bertz CT molecular complexity index is 1050. The Kier molecular flexibility index (Phi) is 4.54. The molecule has 1 fully saturated rings. The summed E-state index contributed by atoms with van der Waals surface area (Å²) in [4.78, 5) is 27.7. The Morgan fingerprint density at radius 3 is 2.56 bits per heavy atom. The fraction of sp³-hybridized carbons (Fsp3) is 0.238. The van der Waals surface area contributed by atoms with Crippen molar-refractivity contribution in [2.45, 2.75) is 12.8 Å². The number of ether oxygens (including phenoxy) is 1. The first-order valence-corrected chi connectivity index (χ1v) is 8.94. The van der Waals surface area contributed by atoms with Gasteiger partial charge < -0.3 is 19.4 Å². The van der Waals surface area contributed by atoms with Crippen molar-refractivity contribution in [1.82, 2.24) is 0 Å². The summed E-state index contributed by atoms with van der Waals surface area (Å²) in [7, 11) is 1.51. The van der Waals surface area contributed by atoms with E-state index in [1.54, 1.807) is 30.3 Å². The minimum atomic E-state index is -0.557. The van der Waals surface area contributed by atoms with Crippen molar-refractivity contribution in [3.8, 4) is 5.75 Å². The molecule has 0 aliphatic carbocycles. The minimum absolute atomic E-state index is 0.173. The molecule has 1 saturated heterocycles. The molecule has 2 aromatic carbocycles. The third-order valence-electron chi connectivity index (χ3n) is 4.80. The van der Waals surface area contributed by atoms with E-state index in [1.807, 2.05) is 18.2 Å². The number of para-hydroxylation sites is 2. The molecule has 27 heavy (non-hydrogen) atoms. The number of nitrogens with one attached hydrogen (secondary N) is 1. The summed E-state index contributed by atoms with van der Waals surface area (Å²) in [5.74, 6) is 0.0402. The normalized spacial score (nSPS) is 13.7. The van der Waals surface area contributed by atoms with Crippen LogP contribution in [0, 0.1) is 0 Å². The maximum Gasteiger partial charge on any atom is 0.362 e. The van der Waals surface area contributed by atoms with E-state index in [1.165, 1.54) is 7.11 Å². The molecule has 1 aromatic heterocycles. The molecule has 138 valence electrons. The van der Waals surface area contributed by atoms with Crippen LogP contribution >= 0.6 is 0 Å². The number of amides is 1. The summed E-state index contributed by atoms with van der Waals surface area (Å²) < 4.78 is 10.7. The smallest absolute Gasteiger partial charge is 0.362 e. The van der Waals surface area contributed by atoms with Gasteiger partial charge in [0, 0.05) is 18.5 Å². The monoisotopic (exact) mass is 364 g/mol. The lowest BCUT2D eigenvalue weighted by Gasteiger charge is -2.22. The Labute approximate surface area is 156 Å². The van der Waals surface area contributed by atoms with Gasteiger partial charge in [-0.3, -0.25) is 4.79 Å². The molecular formula is C21H20N2O4. The van der Waals surface area contributed by atoms with Crippen LogP contribution in [0.5, 0.6) is 5.75 Å². The summed E-state index contributed by atoms with van der Waals surface area (Å²) in [5, 5.41) is 3.59. The van der Waals surface area contributed by atoms with Crippen molar-refractivity contribution in [2.24, 2.45) is 0 Å². The number of carbonyl (C=O) groups is 1. The lowest BCUT2D eigenvalue weighted by atomic mass is 10.1. The first-order chi connectivity index (χ1) is 13.2. The number of methoxy groups -OCH3 is 1. The van der Waals surface area contributed by atoms with Crippen molar-refractivity contribution in [3.63, 3.8) is 0 Å². The molecular weight excluding hydrogens is 344 g/mol. The Balaban J connectivity index is 1.83. The van der Waals surface area contributed by atoms with Gasteiger partial charge in [0.15, 0.2) is 5.69 Å². The Hall–Kier alpha value is -3.28. The van der Waals surface area contributed by atoms with Crippen molar-refractivity contribution in [3.05, 3.63) is 64.5 Å². The number of hydrogen-bond acceptors (Lipinski definition) is 5. The summed E-state index contributed by atoms with van der Waals surface area (Å²) in [6.45, 7) is 1.68. The van der Waals surface area contributed by atoms with Crippen LogP contribution in [0.4, 0.5) is 11.4 Å². The van der Waals surface area contributed by atoms with E-state index < -0.39 is 11.5 Å².